The average molecular weight is 203 g/mol. The lowest BCUT2D eigenvalue weighted by Gasteiger charge is -2.08. The third-order valence-electron chi connectivity index (χ3n) is 1.94. The van der Waals surface area contributed by atoms with Crippen molar-refractivity contribution in [3.8, 4) is 0 Å². The second kappa shape index (κ2) is 3.32. The number of ketones is 1. The lowest BCUT2D eigenvalue weighted by molar-refractivity contribution is 0.101. The summed E-state index contributed by atoms with van der Waals surface area (Å²) >= 11 is 0. The molecule has 0 atom stereocenters. The summed E-state index contributed by atoms with van der Waals surface area (Å²) in [5, 5.41) is 0. The van der Waals surface area contributed by atoms with Crippen molar-refractivity contribution in [3.63, 3.8) is 0 Å². The molecule has 1 aromatic carbocycles. The van der Waals surface area contributed by atoms with Gasteiger partial charge in [-0.05, 0) is 13.8 Å². The van der Waals surface area contributed by atoms with Crippen molar-refractivity contribution in [2.24, 2.45) is 0 Å². The van der Waals surface area contributed by atoms with Crippen molar-refractivity contribution in [1.29, 1.82) is 0 Å². The first kappa shape index (κ1) is 10.6. The van der Waals surface area contributed by atoms with Crippen molar-refractivity contribution in [3.05, 3.63) is 28.6 Å². The fourth-order valence-corrected chi connectivity index (χ4v) is 1.22. The molecule has 0 spiro atoms. The molecule has 0 bridgehead atoms. The van der Waals surface area contributed by atoms with Crippen molar-refractivity contribution in [1.82, 2.24) is 0 Å². The first-order valence-electron chi connectivity index (χ1n) is 3.81. The van der Waals surface area contributed by atoms with Gasteiger partial charge in [0.05, 0.1) is 5.56 Å². The molecule has 0 radical (unpaired) electrons. The van der Waals surface area contributed by atoms with E-state index in [9.17, 15) is 18.0 Å². The molecule has 0 aliphatic heterocycles. The van der Waals surface area contributed by atoms with Crippen LogP contribution in [0.3, 0.4) is 0 Å². The number of nitrogens with two attached hydrogens (primary N) is 1. The molecular formula is C9H8F3NO. The number of carbonyl (C=O) groups is 1. The number of carbonyl (C=O) groups excluding carboxylic acids is 1. The highest BCUT2D eigenvalue weighted by atomic mass is 19.2. The molecule has 1 rings (SSSR count). The van der Waals surface area contributed by atoms with Gasteiger partial charge in [-0.3, -0.25) is 4.79 Å². The molecule has 0 unspecified atom stereocenters. The van der Waals surface area contributed by atoms with Crippen LogP contribution in [-0.2, 0) is 0 Å². The van der Waals surface area contributed by atoms with Gasteiger partial charge in [0.1, 0.15) is 5.69 Å². The van der Waals surface area contributed by atoms with Gasteiger partial charge in [-0.2, -0.15) is 0 Å². The Morgan fingerprint density at radius 3 is 2.07 bits per heavy atom. The zero-order chi connectivity index (χ0) is 11.0. The Bertz CT molecular complexity index is 386. The molecule has 2 nitrogen and oxygen atoms in total. The van der Waals surface area contributed by atoms with Crippen molar-refractivity contribution in [2.45, 2.75) is 13.8 Å². The number of Topliss-reactive ketones (excluding diaryl/α,β-unsaturated/α-hetero) is 1. The highest BCUT2D eigenvalue weighted by molar-refractivity contribution is 5.96. The summed E-state index contributed by atoms with van der Waals surface area (Å²) in [5.41, 5.74) is 3.19. The second-order valence-electron chi connectivity index (χ2n) is 2.91. The van der Waals surface area contributed by atoms with Gasteiger partial charge < -0.3 is 5.73 Å². The van der Waals surface area contributed by atoms with Crippen LogP contribution in [0.2, 0.25) is 0 Å². The third-order valence-corrected chi connectivity index (χ3v) is 1.94. The van der Waals surface area contributed by atoms with Crippen molar-refractivity contribution < 1.29 is 18.0 Å². The van der Waals surface area contributed by atoms with Gasteiger partial charge in [-0.1, -0.05) is 0 Å². The summed E-state index contributed by atoms with van der Waals surface area (Å²) in [6.07, 6.45) is 0. The standard InChI is InChI=1S/C9H8F3NO/c1-3-5(4(2)14)7(11)8(12)9(13)6(3)10/h13H2,1-2H3. The van der Waals surface area contributed by atoms with E-state index in [4.69, 9.17) is 5.73 Å². The van der Waals surface area contributed by atoms with E-state index in [1.54, 1.807) is 0 Å². The number of hydrogen-bond donors (Lipinski definition) is 1. The predicted molar refractivity (Wildman–Crippen MR) is 45.5 cm³/mol. The number of halogens is 3. The van der Waals surface area contributed by atoms with Crippen LogP contribution >= 0.6 is 0 Å². The Morgan fingerprint density at radius 2 is 1.64 bits per heavy atom. The quantitative estimate of drug-likeness (QED) is 0.432. The summed E-state index contributed by atoms with van der Waals surface area (Å²) < 4.78 is 39.1. The first-order chi connectivity index (χ1) is 6.37. The highest BCUT2D eigenvalue weighted by Gasteiger charge is 2.22. The Balaban J connectivity index is 3.68. The summed E-state index contributed by atoms with van der Waals surface area (Å²) in [7, 11) is 0. The Hall–Kier alpha value is -1.52. The Kier molecular flexibility index (Phi) is 2.51. The third kappa shape index (κ3) is 1.34. The van der Waals surface area contributed by atoms with E-state index in [0.717, 1.165) is 6.92 Å². The second-order valence-corrected chi connectivity index (χ2v) is 2.91. The molecule has 5 heteroatoms. The molecular weight excluding hydrogens is 195 g/mol. The minimum Gasteiger partial charge on any atom is -0.394 e. The summed E-state index contributed by atoms with van der Waals surface area (Å²) in [5.74, 6) is -4.74. The van der Waals surface area contributed by atoms with E-state index >= 15 is 0 Å². The van der Waals surface area contributed by atoms with Crippen LogP contribution in [0.4, 0.5) is 18.9 Å². The molecule has 0 amide bonds. The largest absolute Gasteiger partial charge is 0.394 e. The molecule has 76 valence electrons. The molecule has 0 saturated heterocycles. The minimum atomic E-state index is -1.52. The van der Waals surface area contributed by atoms with Crippen molar-refractivity contribution in [2.75, 3.05) is 5.73 Å². The van der Waals surface area contributed by atoms with Crippen molar-refractivity contribution >= 4 is 11.5 Å². The van der Waals surface area contributed by atoms with Gasteiger partial charge in [0, 0.05) is 5.56 Å². The van der Waals surface area contributed by atoms with Crippen LogP contribution in [0.15, 0.2) is 0 Å². The Labute approximate surface area is 78.5 Å². The average Bonchev–Trinajstić information content (AvgIpc) is 2.11. The lowest BCUT2D eigenvalue weighted by Crippen LogP contribution is -2.10. The maximum atomic E-state index is 13.1. The smallest absolute Gasteiger partial charge is 0.185 e. The molecule has 0 heterocycles. The summed E-state index contributed by atoms with van der Waals surface area (Å²) in [6, 6.07) is 0. The molecule has 0 saturated carbocycles. The van der Waals surface area contributed by atoms with E-state index in [1.807, 2.05) is 0 Å². The maximum Gasteiger partial charge on any atom is 0.185 e. The van der Waals surface area contributed by atoms with Gasteiger partial charge in [0.25, 0.3) is 0 Å². The van der Waals surface area contributed by atoms with Crippen LogP contribution in [0.5, 0.6) is 0 Å². The van der Waals surface area contributed by atoms with Crippen LogP contribution in [0.1, 0.15) is 22.8 Å². The van der Waals surface area contributed by atoms with E-state index in [-0.39, 0.29) is 5.56 Å². The number of rotatable bonds is 1. The van der Waals surface area contributed by atoms with E-state index < -0.39 is 34.5 Å². The van der Waals surface area contributed by atoms with Gasteiger partial charge in [-0.15, -0.1) is 0 Å². The topological polar surface area (TPSA) is 43.1 Å². The minimum absolute atomic E-state index is 0.270. The lowest BCUT2D eigenvalue weighted by atomic mass is 10.0. The first-order valence-corrected chi connectivity index (χ1v) is 3.81. The van der Waals surface area contributed by atoms with Crippen LogP contribution in [-0.4, -0.2) is 5.78 Å². The zero-order valence-electron chi connectivity index (χ0n) is 7.62. The Morgan fingerprint density at radius 1 is 1.14 bits per heavy atom. The molecule has 0 aliphatic carbocycles. The predicted octanol–water partition coefficient (Wildman–Crippen LogP) is 2.20. The SMILES string of the molecule is CC(=O)c1c(C)c(F)c(N)c(F)c1F. The number of anilines is 1. The molecule has 14 heavy (non-hydrogen) atoms. The molecule has 2 N–H and O–H groups in total. The number of benzene rings is 1. The maximum absolute atomic E-state index is 13.1. The molecule has 0 aliphatic rings. The van der Waals surface area contributed by atoms with Crippen LogP contribution in [0.25, 0.3) is 0 Å². The normalized spacial score (nSPS) is 10.4. The van der Waals surface area contributed by atoms with E-state index in [2.05, 4.69) is 0 Å². The molecule has 0 aromatic heterocycles. The number of nitrogen functional groups attached to an aromatic ring is 1. The highest BCUT2D eigenvalue weighted by Crippen LogP contribution is 2.26. The van der Waals surface area contributed by atoms with Gasteiger partial charge in [0.15, 0.2) is 23.2 Å². The fraction of sp³-hybridized carbons (Fsp3) is 0.222. The number of hydrogen-bond acceptors (Lipinski definition) is 2. The monoisotopic (exact) mass is 203 g/mol. The fourth-order valence-electron chi connectivity index (χ4n) is 1.22. The van der Waals surface area contributed by atoms with E-state index in [0.29, 0.717) is 0 Å². The summed E-state index contributed by atoms with van der Waals surface area (Å²) in [6.45, 7) is 2.20. The van der Waals surface area contributed by atoms with Gasteiger partial charge in [-0.25, -0.2) is 13.2 Å². The van der Waals surface area contributed by atoms with E-state index in [1.165, 1.54) is 6.92 Å². The van der Waals surface area contributed by atoms with Gasteiger partial charge >= 0.3 is 0 Å². The molecule has 1 aromatic rings. The van der Waals surface area contributed by atoms with Crippen LogP contribution < -0.4 is 5.73 Å². The molecule has 0 fully saturated rings. The zero-order valence-corrected chi connectivity index (χ0v) is 7.62. The van der Waals surface area contributed by atoms with Crippen LogP contribution in [0, 0.1) is 24.4 Å². The van der Waals surface area contributed by atoms with Gasteiger partial charge in [0.2, 0.25) is 0 Å². The summed E-state index contributed by atoms with van der Waals surface area (Å²) in [4.78, 5) is 10.9.